The summed E-state index contributed by atoms with van der Waals surface area (Å²) >= 11 is 0. The van der Waals surface area contributed by atoms with Crippen LogP contribution in [0.3, 0.4) is 0 Å². The summed E-state index contributed by atoms with van der Waals surface area (Å²) in [5, 5.41) is 43.7. The molecule has 0 aliphatic carbocycles. The molecule has 0 saturated carbocycles. The number of fused-ring (bicyclic) bond motifs is 18. The van der Waals surface area contributed by atoms with Crippen LogP contribution in [-0.4, -0.2) is 0 Å². The van der Waals surface area contributed by atoms with Crippen LogP contribution in [0.2, 0.25) is 0 Å². The number of hydrogen-bond donors (Lipinski definition) is 0. The molecule has 0 aliphatic heterocycles. The van der Waals surface area contributed by atoms with Crippen LogP contribution in [0.15, 0.2) is 328 Å². The molecule has 0 spiro atoms. The lowest BCUT2D eigenvalue weighted by Crippen LogP contribution is -1.94. The third kappa shape index (κ3) is 13.5. The first-order chi connectivity index (χ1) is 66.7. The summed E-state index contributed by atoms with van der Waals surface area (Å²) in [5.74, 6) is 0. The Labute approximate surface area is 807 Å². The fourth-order valence-corrected chi connectivity index (χ4v) is 25.9. The molecule has 0 aliphatic rings. The maximum Gasteiger partial charge on any atom is -0.00210 e. The highest BCUT2D eigenvalue weighted by atomic mass is 14.3. The standard InChI is InChI=1S/C138H108/c1-73-43-79(7)127(80(8)44-73)133-115-61-91-19-31-103(115)55-104-32-20-92(62-116(104)133)94-22-34-106-57-108-36-24-96(66-120(108)135(118(106)64-94)129-83(11)47-75(3)48-84(129)12)98-26-38-110-59-112-40-28-100(70-124(112)137(122(110)68-98)131-87(15)51-77(5)52-88(131)16)102-30-42-114-60-113-41-29-101(71-125(113)138(126(114)72-102)132-89(17)53-78(6)54-90(132)18)99-27-39-111-58-109-37-25-97(67-121(109)136(123(111)69-99)130-85(13)49-76(4)50-86(130)14)95-23-35-107-56-105-33-21-93(91)63-117(105)134(119(107)65-95)128-81(9)45-74(2)46-82(128)10/h19-72H,1-18H3. The Morgan fingerprint density at radius 1 is 0.0797 bits per heavy atom. The van der Waals surface area contributed by atoms with Crippen molar-refractivity contribution in [2.24, 2.45) is 0 Å². The number of benzene rings is 24. The minimum Gasteiger partial charge on any atom is -0.0557 e. The van der Waals surface area contributed by atoms with Crippen LogP contribution < -0.4 is 0 Å². The predicted octanol–water partition coefficient (Wildman–Crippen LogP) is 39.7. The molecular formula is C138H108. The van der Waals surface area contributed by atoms with Gasteiger partial charge in [0.1, 0.15) is 0 Å². The van der Waals surface area contributed by atoms with Gasteiger partial charge in [-0.3, -0.25) is 0 Å². The first-order valence-corrected chi connectivity index (χ1v) is 49.2. The summed E-state index contributed by atoms with van der Waals surface area (Å²) in [5.41, 5.74) is 38.3. The highest BCUT2D eigenvalue weighted by molar-refractivity contribution is 6.26. The van der Waals surface area contributed by atoms with Gasteiger partial charge in [0.05, 0.1) is 0 Å². The molecule has 0 N–H and O–H groups in total. The smallest absolute Gasteiger partial charge is 0.00210 e. The molecule has 0 radical (unpaired) electrons. The van der Waals surface area contributed by atoms with Crippen LogP contribution in [0.5, 0.6) is 0 Å². The van der Waals surface area contributed by atoms with Crippen molar-refractivity contribution >= 4 is 194 Å². The lowest BCUT2D eigenvalue weighted by Gasteiger charge is -2.19. The van der Waals surface area contributed by atoms with Gasteiger partial charge in [-0.25, -0.2) is 0 Å². The quantitative estimate of drug-likeness (QED) is 0.146. The molecule has 25 aromatic rings. The van der Waals surface area contributed by atoms with E-state index in [2.05, 4.69) is 452 Å². The summed E-state index contributed by atoms with van der Waals surface area (Å²) in [7, 11) is 0. The van der Waals surface area contributed by atoms with Gasteiger partial charge < -0.3 is 0 Å². The minimum atomic E-state index is 1.18. The molecular weight excluding hydrogens is 1660 g/mol. The van der Waals surface area contributed by atoms with E-state index in [-0.39, 0.29) is 0 Å². The van der Waals surface area contributed by atoms with E-state index in [1.54, 1.807) is 0 Å². The molecule has 25 rings (SSSR count). The van der Waals surface area contributed by atoms with E-state index in [4.69, 9.17) is 0 Å². The molecule has 0 nitrogen and oxygen atoms in total. The minimum absolute atomic E-state index is 1.18. The van der Waals surface area contributed by atoms with Gasteiger partial charge in [-0.1, -0.05) is 252 Å². The van der Waals surface area contributed by atoms with Gasteiger partial charge >= 0.3 is 0 Å². The number of hydrogen-bond acceptors (Lipinski definition) is 0. The summed E-state index contributed by atoms with van der Waals surface area (Å²) in [6.45, 7) is 41.3. The highest BCUT2D eigenvalue weighted by Gasteiger charge is 2.26. The Bertz CT molecular complexity index is 8030. The van der Waals surface area contributed by atoms with Gasteiger partial charge in [0.15, 0.2) is 0 Å². The first kappa shape index (κ1) is 84.2. The summed E-state index contributed by atoms with van der Waals surface area (Å²) in [4.78, 5) is 0. The molecule has 24 bridgehead atoms. The molecule has 0 heteroatoms. The summed E-state index contributed by atoms with van der Waals surface area (Å²) in [6.07, 6.45) is 0. The van der Waals surface area contributed by atoms with E-state index in [0.717, 1.165) is 0 Å². The largest absolute Gasteiger partial charge is 0.0557 e. The van der Waals surface area contributed by atoms with Crippen molar-refractivity contribution in [3.63, 3.8) is 0 Å². The second-order valence-electron chi connectivity index (χ2n) is 41.4. The Balaban J connectivity index is 0.821. The lowest BCUT2D eigenvalue weighted by atomic mass is 9.84. The van der Waals surface area contributed by atoms with Crippen LogP contribution in [0.1, 0.15) is 100 Å². The van der Waals surface area contributed by atoms with Gasteiger partial charge in [0.25, 0.3) is 0 Å². The Kier molecular flexibility index (Phi) is 19.2. The fraction of sp³-hybridized carbons (Fsp3) is 0.130. The lowest BCUT2D eigenvalue weighted by molar-refractivity contribution is 1.33. The van der Waals surface area contributed by atoms with E-state index in [1.165, 1.54) is 361 Å². The van der Waals surface area contributed by atoms with E-state index >= 15 is 0 Å². The molecule has 0 aromatic heterocycles. The zero-order valence-electron chi connectivity index (χ0n) is 82.2. The van der Waals surface area contributed by atoms with Crippen molar-refractivity contribution in [2.45, 2.75) is 125 Å². The molecule has 25 aromatic carbocycles. The fourth-order valence-electron chi connectivity index (χ4n) is 25.9. The van der Waals surface area contributed by atoms with Crippen molar-refractivity contribution < 1.29 is 0 Å². The molecule has 0 unspecified atom stereocenters. The van der Waals surface area contributed by atoms with Gasteiger partial charge in [-0.2, -0.15) is 0 Å². The van der Waals surface area contributed by atoms with Gasteiger partial charge in [0.2, 0.25) is 0 Å². The molecule has 0 saturated heterocycles. The van der Waals surface area contributed by atoms with Gasteiger partial charge in [0, 0.05) is 0 Å². The second-order valence-corrected chi connectivity index (χ2v) is 41.4. The van der Waals surface area contributed by atoms with Crippen molar-refractivity contribution in [3.05, 3.63) is 428 Å². The maximum absolute atomic E-state index is 2.52. The maximum atomic E-state index is 2.52. The van der Waals surface area contributed by atoms with Gasteiger partial charge in [-0.05, 0) is 561 Å². The van der Waals surface area contributed by atoms with Crippen molar-refractivity contribution in [3.8, 4) is 66.8 Å². The molecule has 0 fully saturated rings. The van der Waals surface area contributed by atoms with Crippen LogP contribution in [-0.2, 0) is 0 Å². The average molecular weight is 1770 g/mol. The molecule has 660 valence electrons. The van der Waals surface area contributed by atoms with E-state index in [1.807, 2.05) is 0 Å². The topological polar surface area (TPSA) is 0 Å². The SMILES string of the molecule is Cc1cc(C)c(-c2c3cc4ccc3cc3ccc(cc23)c2ccc3cc5ccc(cc5c(-c5c(C)cc(C)cc5C)c3c2)c2ccc3cc5ccc(cc5c(-c5c(C)cc(C)cc5C)c3c2)c2ccc3cc5ccc(cc5c(-c5c(C)cc(C)cc5C)c3c2)c2ccc3cc5ccc(cc5c(-c5c(C)cc(C)cc5C)c3c2)c2ccc3cc5ccc4cc5c(-c4c(C)cc(C)cc4C)c3c2)c(C)c1. The van der Waals surface area contributed by atoms with Crippen LogP contribution in [0.25, 0.3) is 261 Å². The number of rotatable bonds is 6. The Hall–Kier alpha value is -15.6. The molecule has 0 amide bonds. The van der Waals surface area contributed by atoms with Crippen molar-refractivity contribution in [1.29, 1.82) is 0 Å². The monoisotopic (exact) mass is 1760 g/mol. The van der Waals surface area contributed by atoms with Gasteiger partial charge in [-0.15, -0.1) is 0 Å². The number of aryl methyl sites for hydroxylation is 18. The van der Waals surface area contributed by atoms with E-state index in [0.29, 0.717) is 0 Å². The second kappa shape index (κ2) is 31.5. The Morgan fingerprint density at radius 2 is 0.159 bits per heavy atom. The molecule has 138 heavy (non-hydrogen) atoms. The highest BCUT2D eigenvalue weighted by Crippen LogP contribution is 2.52. The van der Waals surface area contributed by atoms with Crippen molar-refractivity contribution in [2.75, 3.05) is 0 Å². The third-order valence-corrected chi connectivity index (χ3v) is 31.3. The van der Waals surface area contributed by atoms with E-state index in [9.17, 15) is 0 Å². The molecule has 0 atom stereocenters. The predicted molar refractivity (Wildman–Crippen MR) is 606 cm³/mol. The molecule has 0 heterocycles. The normalized spacial score (nSPS) is 12.1. The zero-order valence-corrected chi connectivity index (χ0v) is 82.2. The average Bonchev–Trinajstić information content (AvgIpc) is 0.732. The van der Waals surface area contributed by atoms with Crippen LogP contribution >= 0.6 is 0 Å². The first-order valence-electron chi connectivity index (χ1n) is 49.2. The Morgan fingerprint density at radius 3 is 0.246 bits per heavy atom. The van der Waals surface area contributed by atoms with Crippen LogP contribution in [0, 0.1) is 125 Å². The van der Waals surface area contributed by atoms with E-state index < -0.39 is 0 Å². The van der Waals surface area contributed by atoms with Crippen molar-refractivity contribution in [1.82, 2.24) is 0 Å². The summed E-state index contributed by atoms with van der Waals surface area (Å²) in [6, 6.07) is 131. The zero-order chi connectivity index (χ0) is 94.3. The third-order valence-electron chi connectivity index (χ3n) is 31.3. The van der Waals surface area contributed by atoms with Crippen LogP contribution in [0.4, 0.5) is 0 Å². The summed E-state index contributed by atoms with van der Waals surface area (Å²) < 4.78 is 0.